The van der Waals surface area contributed by atoms with Crippen LogP contribution in [0.5, 0.6) is 0 Å². The number of benzene rings is 1. The molecule has 1 aromatic carbocycles. The predicted molar refractivity (Wildman–Crippen MR) is 115 cm³/mol. The van der Waals surface area contributed by atoms with Crippen molar-refractivity contribution in [3.05, 3.63) is 46.8 Å². The maximum atomic E-state index is 13.0. The molecule has 1 aliphatic rings. The van der Waals surface area contributed by atoms with Crippen molar-refractivity contribution in [1.29, 1.82) is 0 Å². The molecule has 9 heteroatoms. The van der Waals surface area contributed by atoms with Crippen LogP contribution in [0.2, 0.25) is 0 Å². The fourth-order valence-corrected chi connectivity index (χ4v) is 5.57. The van der Waals surface area contributed by atoms with E-state index in [1.165, 1.54) is 4.31 Å². The van der Waals surface area contributed by atoms with Crippen molar-refractivity contribution in [2.75, 3.05) is 26.2 Å². The Kier molecular flexibility index (Phi) is 7.27. The summed E-state index contributed by atoms with van der Waals surface area (Å²) in [5.74, 6) is 0.0729. The van der Waals surface area contributed by atoms with Crippen LogP contribution in [0.4, 0.5) is 0 Å². The second-order valence-corrected chi connectivity index (χ2v) is 9.64. The summed E-state index contributed by atoms with van der Waals surface area (Å²) < 4.78 is 32.4. The van der Waals surface area contributed by atoms with Crippen molar-refractivity contribution in [2.45, 2.75) is 51.3 Å². The fourth-order valence-electron chi connectivity index (χ4n) is 3.80. The van der Waals surface area contributed by atoms with Gasteiger partial charge in [0.1, 0.15) is 10.6 Å². The van der Waals surface area contributed by atoms with Crippen molar-refractivity contribution in [2.24, 2.45) is 0 Å². The molecule has 0 radical (unpaired) electrons. The molecular weight excluding hydrogens is 418 g/mol. The molecule has 8 nitrogen and oxygen atoms in total. The first kappa shape index (κ1) is 23.1. The predicted octanol–water partition coefficient (Wildman–Crippen LogP) is 2.74. The van der Waals surface area contributed by atoms with Crippen LogP contribution in [0.1, 0.15) is 53.6 Å². The van der Waals surface area contributed by atoms with Crippen molar-refractivity contribution >= 4 is 21.7 Å². The topological polar surface area (TPSA) is 101 Å². The van der Waals surface area contributed by atoms with E-state index in [0.717, 1.165) is 12.0 Å². The summed E-state index contributed by atoms with van der Waals surface area (Å²) in [4.78, 5) is 26.8. The molecule has 1 aliphatic heterocycles. The number of aryl methyl sites for hydroxylation is 3. The van der Waals surface area contributed by atoms with E-state index in [2.05, 4.69) is 12.1 Å². The summed E-state index contributed by atoms with van der Waals surface area (Å²) in [6.45, 7) is 6.50. The lowest BCUT2D eigenvalue weighted by Gasteiger charge is -2.22. The van der Waals surface area contributed by atoms with Gasteiger partial charge >= 0.3 is 0 Å². The number of hydrogen-bond acceptors (Lipinski definition) is 6. The van der Waals surface area contributed by atoms with Crippen LogP contribution in [0.3, 0.4) is 0 Å². The number of hydrogen-bond donors (Lipinski definition) is 0. The number of Topliss-reactive ketones (excluding diaryl/α,β-unsaturated/α-hetero) is 1. The Bertz CT molecular complexity index is 1020. The largest absolute Gasteiger partial charge is 0.360 e. The Hall–Kier alpha value is -2.52. The molecule has 0 unspecified atom stereocenters. The molecule has 0 saturated carbocycles. The summed E-state index contributed by atoms with van der Waals surface area (Å²) >= 11 is 0. The molecule has 0 bridgehead atoms. The molecule has 0 atom stereocenters. The Balaban J connectivity index is 1.57. The molecule has 0 spiro atoms. The smallest absolute Gasteiger partial charge is 0.248 e. The van der Waals surface area contributed by atoms with Gasteiger partial charge in [0.15, 0.2) is 11.5 Å². The van der Waals surface area contributed by atoms with Gasteiger partial charge in [-0.15, -0.1) is 0 Å². The molecule has 1 fully saturated rings. The monoisotopic (exact) mass is 447 g/mol. The van der Waals surface area contributed by atoms with Crippen molar-refractivity contribution in [3.63, 3.8) is 0 Å². The van der Waals surface area contributed by atoms with Gasteiger partial charge in [-0.3, -0.25) is 9.59 Å². The summed E-state index contributed by atoms with van der Waals surface area (Å²) in [5.41, 5.74) is 2.10. The first-order valence-corrected chi connectivity index (χ1v) is 12.0. The minimum absolute atomic E-state index is 0.0616. The third-order valence-corrected chi connectivity index (χ3v) is 7.77. The molecule has 0 N–H and O–H groups in total. The lowest BCUT2D eigenvalue weighted by atomic mass is 10.0. The van der Waals surface area contributed by atoms with Crippen LogP contribution in [0.25, 0.3) is 0 Å². The highest BCUT2D eigenvalue weighted by Gasteiger charge is 2.32. The second-order valence-electron chi connectivity index (χ2n) is 7.77. The molecule has 1 saturated heterocycles. The number of aromatic nitrogens is 1. The van der Waals surface area contributed by atoms with Crippen LogP contribution in [-0.4, -0.2) is 60.6 Å². The number of ketones is 1. The quantitative estimate of drug-likeness (QED) is 0.605. The van der Waals surface area contributed by atoms with Crippen molar-refractivity contribution < 1.29 is 22.5 Å². The molecule has 1 aromatic heterocycles. The van der Waals surface area contributed by atoms with Gasteiger partial charge in [0.25, 0.3) is 0 Å². The zero-order chi connectivity index (χ0) is 22.6. The van der Waals surface area contributed by atoms with Gasteiger partial charge in [-0.1, -0.05) is 36.3 Å². The fraction of sp³-hybridized carbons (Fsp3) is 0.500. The van der Waals surface area contributed by atoms with E-state index in [-0.39, 0.29) is 41.7 Å². The number of carbonyl (C=O) groups is 2. The lowest BCUT2D eigenvalue weighted by Crippen LogP contribution is -2.37. The van der Waals surface area contributed by atoms with Gasteiger partial charge in [0.2, 0.25) is 15.9 Å². The normalized spacial score (nSPS) is 15.6. The Labute approximate surface area is 183 Å². The minimum Gasteiger partial charge on any atom is -0.360 e. The molecule has 3 rings (SSSR count). The molecule has 168 valence electrons. The number of rotatable bonds is 7. The highest BCUT2D eigenvalue weighted by molar-refractivity contribution is 7.89. The van der Waals surface area contributed by atoms with Crippen LogP contribution < -0.4 is 0 Å². The molecule has 1 amide bonds. The molecule has 2 heterocycles. The first-order valence-electron chi connectivity index (χ1n) is 10.6. The van der Waals surface area contributed by atoms with Crippen LogP contribution in [0, 0.1) is 13.8 Å². The zero-order valence-electron chi connectivity index (χ0n) is 18.3. The number of sulfonamides is 1. The number of nitrogens with zero attached hydrogens (tertiary/aromatic N) is 3. The molecule has 2 aromatic rings. The standard InChI is InChI=1S/C22H29N3O5S/c1-4-18-6-8-19(9-7-18)20(26)10-11-21(27)24-12-5-13-25(15-14-24)31(28,29)22-16(2)23-30-17(22)3/h6-9H,4-5,10-15H2,1-3H3. The number of amides is 1. The highest BCUT2D eigenvalue weighted by atomic mass is 32.2. The van der Waals surface area contributed by atoms with Gasteiger partial charge in [-0.25, -0.2) is 8.42 Å². The van der Waals surface area contributed by atoms with Gasteiger partial charge in [0, 0.05) is 44.6 Å². The van der Waals surface area contributed by atoms with Crippen molar-refractivity contribution in [3.8, 4) is 0 Å². The van der Waals surface area contributed by atoms with E-state index in [4.69, 9.17) is 4.52 Å². The minimum atomic E-state index is -3.74. The third-order valence-electron chi connectivity index (χ3n) is 5.62. The second kappa shape index (κ2) is 9.74. The maximum absolute atomic E-state index is 13.0. The van der Waals surface area contributed by atoms with E-state index in [1.54, 1.807) is 30.9 Å². The van der Waals surface area contributed by atoms with Crippen LogP contribution >= 0.6 is 0 Å². The maximum Gasteiger partial charge on any atom is 0.248 e. The lowest BCUT2D eigenvalue weighted by molar-refractivity contribution is -0.131. The first-order chi connectivity index (χ1) is 14.7. The summed E-state index contributed by atoms with van der Waals surface area (Å²) in [7, 11) is -3.74. The van der Waals surface area contributed by atoms with Gasteiger partial charge in [-0.05, 0) is 32.3 Å². The van der Waals surface area contributed by atoms with Crippen molar-refractivity contribution in [1.82, 2.24) is 14.4 Å². The van der Waals surface area contributed by atoms with Gasteiger partial charge in [0.05, 0.1) is 0 Å². The summed E-state index contributed by atoms with van der Waals surface area (Å²) in [5, 5.41) is 3.74. The van der Waals surface area contributed by atoms with E-state index < -0.39 is 10.0 Å². The van der Waals surface area contributed by atoms with Crippen LogP contribution in [0.15, 0.2) is 33.7 Å². The van der Waals surface area contributed by atoms with E-state index in [0.29, 0.717) is 37.3 Å². The zero-order valence-corrected chi connectivity index (χ0v) is 19.1. The van der Waals surface area contributed by atoms with Crippen LogP contribution in [-0.2, 0) is 21.2 Å². The molecular formula is C22H29N3O5S. The SMILES string of the molecule is CCc1ccc(C(=O)CCC(=O)N2CCCN(S(=O)(=O)c3c(C)noc3C)CC2)cc1. The Morgan fingerprint density at radius 2 is 1.74 bits per heavy atom. The number of carbonyl (C=O) groups excluding carboxylic acids is 2. The summed E-state index contributed by atoms with van der Waals surface area (Å²) in [6.07, 6.45) is 1.69. The summed E-state index contributed by atoms with van der Waals surface area (Å²) in [6, 6.07) is 7.46. The average Bonchev–Trinajstić information content (AvgIpc) is 2.95. The van der Waals surface area contributed by atoms with E-state index in [1.807, 2.05) is 12.1 Å². The van der Waals surface area contributed by atoms with Gasteiger partial charge in [-0.2, -0.15) is 4.31 Å². The Morgan fingerprint density at radius 1 is 1.03 bits per heavy atom. The van der Waals surface area contributed by atoms with E-state index >= 15 is 0 Å². The van der Waals surface area contributed by atoms with E-state index in [9.17, 15) is 18.0 Å². The molecule has 0 aliphatic carbocycles. The average molecular weight is 448 g/mol. The highest BCUT2D eigenvalue weighted by Crippen LogP contribution is 2.24. The molecule has 31 heavy (non-hydrogen) atoms. The third kappa shape index (κ3) is 5.22. The van der Waals surface area contributed by atoms with Gasteiger partial charge < -0.3 is 9.42 Å². The Morgan fingerprint density at radius 3 is 2.35 bits per heavy atom.